The van der Waals surface area contributed by atoms with Crippen LogP contribution in [0, 0.1) is 0 Å². The highest BCUT2D eigenvalue weighted by Gasteiger charge is 2.49. The molecule has 0 saturated carbocycles. The number of hydrogen-bond acceptors (Lipinski definition) is 10. The number of benzene rings is 1. The number of piperazine rings is 1. The molecule has 3 heterocycles. The summed E-state index contributed by atoms with van der Waals surface area (Å²) in [5.41, 5.74) is 0. The van der Waals surface area contributed by atoms with E-state index in [9.17, 15) is 9.90 Å². The summed E-state index contributed by atoms with van der Waals surface area (Å²) in [7, 11) is 2.95. The van der Waals surface area contributed by atoms with E-state index in [1.165, 1.54) is 18.9 Å². The normalized spacial score (nSPS) is 23.2. The van der Waals surface area contributed by atoms with E-state index < -0.39 is 16.8 Å². The van der Waals surface area contributed by atoms with Gasteiger partial charge in [0.05, 0.1) is 19.1 Å². The van der Waals surface area contributed by atoms with E-state index in [-0.39, 0.29) is 6.61 Å². The molecule has 0 spiro atoms. The molecule has 1 N–H and O–H groups in total. The van der Waals surface area contributed by atoms with Crippen molar-refractivity contribution in [3.05, 3.63) is 36.7 Å². The molecule has 2 unspecified atom stereocenters. The third-order valence-corrected chi connectivity index (χ3v) is 7.68. The number of nitrogens with zero attached hydrogens (tertiary/aromatic N) is 4. The summed E-state index contributed by atoms with van der Waals surface area (Å²) in [4.78, 5) is 26.9. The predicted molar refractivity (Wildman–Crippen MR) is 125 cm³/mol. The highest BCUT2D eigenvalue weighted by atomic mass is 32.2. The third-order valence-electron chi connectivity index (χ3n) is 6.14. The number of thioether (sulfide) groups is 1. The van der Waals surface area contributed by atoms with E-state index in [1.54, 1.807) is 31.6 Å². The van der Waals surface area contributed by atoms with Gasteiger partial charge in [0.15, 0.2) is 0 Å². The predicted octanol–water partition coefficient (Wildman–Crippen LogP) is 1.84. The smallest absolute Gasteiger partial charge is 0.325 e. The standard InChI is InChI=1S/C23H30N4O5S/c1-30-17-5-6-18-19(15-17)33-23(21(29)31-2,20(28)16-32-18)7-3-10-26-11-13-27(14-12-26)22-24-8-4-9-25-22/h4-6,8-9,15,20,28H,3,7,10-14,16H2,1-2H3. The largest absolute Gasteiger partial charge is 0.497 e. The molecule has 33 heavy (non-hydrogen) atoms. The second-order valence-corrected chi connectivity index (χ2v) is 9.48. The van der Waals surface area contributed by atoms with Gasteiger partial charge < -0.3 is 24.2 Å². The summed E-state index contributed by atoms with van der Waals surface area (Å²) in [6.45, 7) is 4.33. The minimum absolute atomic E-state index is 0.0250. The summed E-state index contributed by atoms with van der Waals surface area (Å²) < 4.78 is 15.1. The number of hydrogen-bond donors (Lipinski definition) is 1. The van der Waals surface area contributed by atoms with Crippen molar-refractivity contribution in [3.63, 3.8) is 0 Å². The number of methoxy groups -OCH3 is 2. The Kier molecular flexibility index (Phi) is 7.56. The topological polar surface area (TPSA) is 97.3 Å². The molecule has 2 atom stereocenters. The van der Waals surface area contributed by atoms with E-state index in [0.29, 0.717) is 17.9 Å². The maximum atomic E-state index is 13.0. The van der Waals surface area contributed by atoms with Crippen molar-refractivity contribution >= 4 is 23.7 Å². The molecule has 2 aliphatic heterocycles. The van der Waals surface area contributed by atoms with Crippen LogP contribution in [-0.4, -0.2) is 90.3 Å². The van der Waals surface area contributed by atoms with Gasteiger partial charge in [0.1, 0.15) is 29.0 Å². The Morgan fingerprint density at radius 3 is 2.70 bits per heavy atom. The van der Waals surface area contributed by atoms with Gasteiger partial charge in [-0.3, -0.25) is 9.69 Å². The average Bonchev–Trinajstić information content (AvgIpc) is 3.01. The van der Waals surface area contributed by atoms with Crippen molar-refractivity contribution in [3.8, 4) is 11.5 Å². The molecule has 0 bridgehead atoms. The Morgan fingerprint density at radius 2 is 2.00 bits per heavy atom. The molecule has 2 aromatic rings. The van der Waals surface area contributed by atoms with Gasteiger partial charge in [-0.15, -0.1) is 11.8 Å². The molecule has 0 aliphatic carbocycles. The summed E-state index contributed by atoms with van der Waals surface area (Å²) >= 11 is 1.31. The first-order valence-corrected chi connectivity index (χ1v) is 11.9. The van der Waals surface area contributed by atoms with Crippen molar-refractivity contribution < 1.29 is 24.1 Å². The zero-order valence-corrected chi connectivity index (χ0v) is 19.8. The molecule has 1 fully saturated rings. The number of fused-ring (bicyclic) bond motifs is 1. The van der Waals surface area contributed by atoms with Crippen LogP contribution in [0.2, 0.25) is 0 Å². The molecule has 178 valence electrons. The number of ether oxygens (including phenoxy) is 3. The van der Waals surface area contributed by atoms with Crippen LogP contribution < -0.4 is 14.4 Å². The minimum Gasteiger partial charge on any atom is -0.497 e. The summed E-state index contributed by atoms with van der Waals surface area (Å²) in [6.07, 6.45) is 3.72. The first-order valence-electron chi connectivity index (χ1n) is 11.1. The summed E-state index contributed by atoms with van der Waals surface area (Å²) in [6, 6.07) is 7.26. The number of carbonyl (C=O) groups is 1. The molecule has 1 aromatic carbocycles. The monoisotopic (exact) mass is 474 g/mol. The fraction of sp³-hybridized carbons (Fsp3) is 0.522. The first kappa shape index (κ1) is 23.6. The fourth-order valence-electron chi connectivity index (χ4n) is 4.24. The molecule has 1 aromatic heterocycles. The Labute approximate surface area is 198 Å². The van der Waals surface area contributed by atoms with E-state index in [1.807, 2.05) is 12.1 Å². The number of aromatic nitrogens is 2. The Bertz CT molecular complexity index is 942. The Balaban J connectivity index is 1.41. The van der Waals surface area contributed by atoms with Crippen LogP contribution in [0.4, 0.5) is 5.95 Å². The van der Waals surface area contributed by atoms with E-state index in [0.717, 1.165) is 50.0 Å². The zero-order valence-electron chi connectivity index (χ0n) is 19.0. The molecule has 2 aliphatic rings. The van der Waals surface area contributed by atoms with E-state index >= 15 is 0 Å². The first-order chi connectivity index (χ1) is 16.1. The van der Waals surface area contributed by atoms with Gasteiger partial charge in [0, 0.05) is 38.6 Å². The van der Waals surface area contributed by atoms with Crippen molar-refractivity contribution in [1.29, 1.82) is 0 Å². The van der Waals surface area contributed by atoms with Gasteiger partial charge in [0.25, 0.3) is 0 Å². The second-order valence-electron chi connectivity index (χ2n) is 8.10. The number of anilines is 1. The molecule has 10 heteroatoms. The number of carbonyl (C=O) groups excluding carboxylic acids is 1. The SMILES string of the molecule is COC(=O)C1(CCCN2CCN(c3ncccn3)CC2)Sc2cc(OC)ccc2OCC1O. The molecule has 4 rings (SSSR count). The van der Waals surface area contributed by atoms with Gasteiger partial charge in [-0.2, -0.15) is 0 Å². The Hall–Kier alpha value is -2.56. The number of rotatable bonds is 7. The van der Waals surface area contributed by atoms with Crippen LogP contribution in [0.15, 0.2) is 41.6 Å². The molecule has 9 nitrogen and oxygen atoms in total. The van der Waals surface area contributed by atoms with Crippen molar-refractivity contribution in [1.82, 2.24) is 14.9 Å². The summed E-state index contributed by atoms with van der Waals surface area (Å²) in [5.74, 6) is 1.62. The lowest BCUT2D eigenvalue weighted by Crippen LogP contribution is -2.50. The zero-order chi connectivity index (χ0) is 23.3. The third kappa shape index (κ3) is 5.18. The van der Waals surface area contributed by atoms with Crippen LogP contribution >= 0.6 is 11.8 Å². The lowest BCUT2D eigenvalue weighted by Gasteiger charge is -2.36. The lowest BCUT2D eigenvalue weighted by molar-refractivity contribution is -0.147. The minimum atomic E-state index is -1.15. The summed E-state index contributed by atoms with van der Waals surface area (Å²) in [5, 5.41) is 11.0. The number of aliphatic hydroxyl groups excluding tert-OH is 1. The second kappa shape index (κ2) is 10.6. The van der Waals surface area contributed by atoms with Gasteiger partial charge >= 0.3 is 5.97 Å². The highest BCUT2D eigenvalue weighted by molar-refractivity contribution is 8.01. The number of aliphatic hydroxyl groups is 1. The molecule has 0 radical (unpaired) electrons. The average molecular weight is 475 g/mol. The van der Waals surface area contributed by atoms with E-state index in [2.05, 4.69) is 19.8 Å². The van der Waals surface area contributed by atoms with Gasteiger partial charge in [-0.25, -0.2) is 9.97 Å². The fourth-order valence-corrected chi connectivity index (χ4v) is 5.66. The van der Waals surface area contributed by atoms with Gasteiger partial charge in [0.2, 0.25) is 5.95 Å². The maximum Gasteiger partial charge on any atom is 0.325 e. The molecule has 0 amide bonds. The van der Waals surface area contributed by atoms with E-state index in [4.69, 9.17) is 14.2 Å². The Morgan fingerprint density at radius 1 is 1.24 bits per heavy atom. The van der Waals surface area contributed by atoms with Crippen molar-refractivity contribution in [2.24, 2.45) is 0 Å². The highest BCUT2D eigenvalue weighted by Crippen LogP contribution is 2.47. The molecular weight excluding hydrogens is 444 g/mol. The quantitative estimate of drug-likeness (QED) is 0.599. The van der Waals surface area contributed by atoms with Gasteiger partial charge in [-0.1, -0.05) is 0 Å². The van der Waals surface area contributed by atoms with Crippen LogP contribution in [0.5, 0.6) is 11.5 Å². The van der Waals surface area contributed by atoms with Crippen molar-refractivity contribution in [2.45, 2.75) is 28.6 Å². The van der Waals surface area contributed by atoms with Crippen LogP contribution in [0.25, 0.3) is 0 Å². The maximum absolute atomic E-state index is 13.0. The molecular formula is C23H30N4O5S. The van der Waals surface area contributed by atoms with Gasteiger partial charge in [-0.05, 0) is 43.7 Å². The van der Waals surface area contributed by atoms with Crippen LogP contribution in [-0.2, 0) is 9.53 Å². The number of esters is 1. The molecule has 1 saturated heterocycles. The van der Waals surface area contributed by atoms with Crippen LogP contribution in [0.1, 0.15) is 12.8 Å². The van der Waals surface area contributed by atoms with Crippen LogP contribution in [0.3, 0.4) is 0 Å². The van der Waals surface area contributed by atoms with Crippen molar-refractivity contribution in [2.75, 3.05) is 58.5 Å². The lowest BCUT2D eigenvalue weighted by atomic mass is 9.95.